The first kappa shape index (κ1) is 15.4. The lowest BCUT2D eigenvalue weighted by atomic mass is 9.95. The number of rotatable bonds is 1. The van der Waals surface area contributed by atoms with E-state index in [0.717, 1.165) is 40.2 Å². The van der Waals surface area contributed by atoms with Crippen LogP contribution in [0.3, 0.4) is 0 Å². The zero-order valence-corrected chi connectivity index (χ0v) is 14.0. The molecule has 1 atom stereocenters. The first-order valence-corrected chi connectivity index (χ1v) is 6.36. The van der Waals surface area contributed by atoms with Crippen LogP contribution in [0.2, 0.25) is 0 Å². The van der Waals surface area contributed by atoms with Gasteiger partial charge in [0.1, 0.15) is 13.1 Å². The first-order chi connectivity index (χ1) is 8.94. The SMILES string of the molecule is CC(=O)OC1C[N+](C)(C)Cc2cc3c(cc21)OCO3.[I-]. The number of halogens is 1. The number of fused-ring (bicyclic) bond motifs is 2. The summed E-state index contributed by atoms with van der Waals surface area (Å²) in [6, 6.07) is 3.96. The highest BCUT2D eigenvalue weighted by Crippen LogP contribution is 2.41. The van der Waals surface area contributed by atoms with Gasteiger partial charge in [0.25, 0.3) is 0 Å². The summed E-state index contributed by atoms with van der Waals surface area (Å²) in [4.78, 5) is 11.3. The third-order valence-electron chi connectivity index (χ3n) is 3.55. The lowest BCUT2D eigenvalue weighted by Crippen LogP contribution is -3.00. The van der Waals surface area contributed by atoms with Crippen molar-refractivity contribution < 1.29 is 47.5 Å². The predicted octanol–water partition coefficient (Wildman–Crippen LogP) is -1.39. The second-order valence-corrected chi connectivity index (χ2v) is 5.78. The molecule has 0 spiro atoms. The Morgan fingerprint density at radius 3 is 2.60 bits per heavy atom. The molecule has 1 unspecified atom stereocenters. The number of ether oxygens (including phenoxy) is 3. The van der Waals surface area contributed by atoms with Crippen molar-refractivity contribution in [3.63, 3.8) is 0 Å². The van der Waals surface area contributed by atoms with E-state index in [-0.39, 0.29) is 42.8 Å². The van der Waals surface area contributed by atoms with Crippen LogP contribution in [0, 0.1) is 0 Å². The van der Waals surface area contributed by atoms with Gasteiger partial charge in [0.2, 0.25) is 6.79 Å². The van der Waals surface area contributed by atoms with E-state index in [0.29, 0.717) is 0 Å². The molecule has 110 valence electrons. The minimum absolute atomic E-state index is 0. The van der Waals surface area contributed by atoms with E-state index in [1.807, 2.05) is 12.1 Å². The maximum Gasteiger partial charge on any atom is 0.303 e. The average molecular weight is 391 g/mol. The number of hydrogen-bond acceptors (Lipinski definition) is 4. The Morgan fingerprint density at radius 2 is 1.95 bits per heavy atom. The van der Waals surface area contributed by atoms with Crippen LogP contribution in [0.25, 0.3) is 0 Å². The Labute approximate surface area is 135 Å². The molecule has 6 heteroatoms. The molecule has 1 aromatic carbocycles. The highest BCUT2D eigenvalue weighted by molar-refractivity contribution is 5.66. The molecule has 0 radical (unpaired) electrons. The van der Waals surface area contributed by atoms with Gasteiger partial charge >= 0.3 is 5.97 Å². The van der Waals surface area contributed by atoms with E-state index in [4.69, 9.17) is 14.2 Å². The second-order valence-electron chi connectivity index (χ2n) is 5.78. The van der Waals surface area contributed by atoms with Crippen LogP contribution in [-0.4, -0.2) is 37.9 Å². The molecular weight excluding hydrogens is 373 g/mol. The number of benzene rings is 1. The van der Waals surface area contributed by atoms with E-state index in [1.165, 1.54) is 6.92 Å². The van der Waals surface area contributed by atoms with Crippen LogP contribution >= 0.6 is 0 Å². The van der Waals surface area contributed by atoms with Crippen LogP contribution < -0.4 is 33.5 Å². The predicted molar refractivity (Wildman–Crippen MR) is 67.8 cm³/mol. The summed E-state index contributed by atoms with van der Waals surface area (Å²) >= 11 is 0. The Morgan fingerprint density at radius 1 is 1.30 bits per heavy atom. The fraction of sp³-hybridized carbons (Fsp3) is 0.500. The van der Waals surface area contributed by atoms with Gasteiger partial charge in [-0.15, -0.1) is 0 Å². The van der Waals surface area contributed by atoms with Gasteiger partial charge in [-0.2, -0.15) is 0 Å². The van der Waals surface area contributed by atoms with E-state index in [2.05, 4.69) is 14.1 Å². The first-order valence-electron chi connectivity index (χ1n) is 6.36. The van der Waals surface area contributed by atoms with E-state index in [9.17, 15) is 4.79 Å². The van der Waals surface area contributed by atoms with E-state index in [1.54, 1.807) is 0 Å². The minimum Gasteiger partial charge on any atom is -1.00 e. The highest BCUT2D eigenvalue weighted by Gasteiger charge is 2.36. The summed E-state index contributed by atoms with van der Waals surface area (Å²) in [5, 5.41) is 0. The van der Waals surface area contributed by atoms with Gasteiger partial charge in [0.05, 0.1) is 14.1 Å². The Hall–Kier alpha value is -1.02. The van der Waals surface area contributed by atoms with Crippen LogP contribution in [0.1, 0.15) is 24.2 Å². The fourth-order valence-corrected chi connectivity index (χ4v) is 2.81. The van der Waals surface area contributed by atoms with Crippen molar-refractivity contribution in [3.05, 3.63) is 23.3 Å². The monoisotopic (exact) mass is 391 g/mol. The second kappa shape index (κ2) is 5.40. The Balaban J connectivity index is 0.00000147. The molecule has 0 aliphatic carbocycles. The molecule has 0 N–H and O–H groups in total. The molecule has 2 aliphatic rings. The van der Waals surface area contributed by atoms with Crippen molar-refractivity contribution in [2.75, 3.05) is 27.4 Å². The largest absolute Gasteiger partial charge is 1.00 e. The zero-order chi connectivity index (χ0) is 13.6. The molecule has 0 bridgehead atoms. The van der Waals surface area contributed by atoms with Gasteiger partial charge < -0.3 is 42.7 Å². The van der Waals surface area contributed by atoms with Crippen molar-refractivity contribution in [2.45, 2.75) is 19.6 Å². The third kappa shape index (κ3) is 2.85. The molecule has 0 aromatic heterocycles. The third-order valence-corrected chi connectivity index (χ3v) is 3.55. The quantitative estimate of drug-likeness (QED) is 0.336. The summed E-state index contributed by atoms with van der Waals surface area (Å²) in [7, 11) is 4.26. The number of likely N-dealkylation sites (N-methyl/N-ethyl adjacent to an activating group) is 1. The average Bonchev–Trinajstić information content (AvgIpc) is 2.71. The number of quaternary nitrogens is 1. The molecule has 0 amide bonds. The van der Waals surface area contributed by atoms with Gasteiger partial charge in [-0.05, 0) is 12.1 Å². The standard InChI is InChI=1S/C14H18NO4.HI/c1-9(16)19-14-7-15(2,3)6-10-4-12-13(5-11(10)14)18-8-17-12;/h4-5,14H,6-8H2,1-3H3;1H/q+1;/p-1. The Bertz CT molecular complexity index is 544. The van der Waals surface area contributed by atoms with Crippen LogP contribution in [-0.2, 0) is 16.1 Å². The summed E-state index contributed by atoms with van der Waals surface area (Å²) in [5.74, 6) is 1.26. The Kier molecular flexibility index (Phi) is 4.15. The molecule has 2 aliphatic heterocycles. The summed E-state index contributed by atoms with van der Waals surface area (Å²) in [6.07, 6.45) is -0.217. The topological polar surface area (TPSA) is 44.8 Å². The summed E-state index contributed by atoms with van der Waals surface area (Å²) in [6.45, 7) is 3.37. The number of carbonyl (C=O) groups excluding carboxylic acids is 1. The van der Waals surface area contributed by atoms with Crippen molar-refractivity contribution >= 4 is 5.97 Å². The molecule has 1 aromatic rings. The minimum atomic E-state index is -0.254. The zero-order valence-electron chi connectivity index (χ0n) is 11.8. The number of carbonyl (C=O) groups is 1. The van der Waals surface area contributed by atoms with Crippen LogP contribution in [0.4, 0.5) is 0 Å². The number of hydrogen-bond donors (Lipinski definition) is 0. The van der Waals surface area contributed by atoms with Crippen molar-refractivity contribution in [3.8, 4) is 11.5 Å². The molecule has 0 saturated heterocycles. The molecule has 2 heterocycles. The van der Waals surface area contributed by atoms with E-state index < -0.39 is 0 Å². The summed E-state index contributed by atoms with van der Waals surface area (Å²) in [5.41, 5.74) is 2.20. The molecule has 20 heavy (non-hydrogen) atoms. The normalized spacial score (nSPS) is 21.6. The lowest BCUT2D eigenvalue weighted by Gasteiger charge is -2.38. The number of nitrogens with zero attached hydrogens (tertiary/aromatic N) is 1. The number of esters is 1. The van der Waals surface area contributed by atoms with Crippen LogP contribution in [0.15, 0.2) is 12.1 Å². The van der Waals surface area contributed by atoms with Gasteiger partial charge in [-0.1, -0.05) is 0 Å². The van der Waals surface area contributed by atoms with Gasteiger partial charge in [0, 0.05) is 18.1 Å². The molecule has 0 saturated carbocycles. The highest BCUT2D eigenvalue weighted by atomic mass is 127. The maximum absolute atomic E-state index is 11.3. The van der Waals surface area contributed by atoms with Gasteiger partial charge in [0.15, 0.2) is 17.6 Å². The summed E-state index contributed by atoms with van der Waals surface area (Å²) < 4.78 is 17.1. The maximum atomic E-state index is 11.3. The van der Waals surface area contributed by atoms with Crippen molar-refractivity contribution in [2.24, 2.45) is 0 Å². The lowest BCUT2D eigenvalue weighted by molar-refractivity contribution is -0.909. The smallest absolute Gasteiger partial charge is 0.303 e. The van der Waals surface area contributed by atoms with E-state index >= 15 is 0 Å². The van der Waals surface area contributed by atoms with Gasteiger partial charge in [-0.25, -0.2) is 0 Å². The van der Waals surface area contributed by atoms with Gasteiger partial charge in [-0.3, -0.25) is 4.79 Å². The van der Waals surface area contributed by atoms with Crippen molar-refractivity contribution in [1.82, 2.24) is 0 Å². The molecule has 0 fully saturated rings. The molecule has 5 nitrogen and oxygen atoms in total. The molecular formula is C14H18INO4. The molecule has 3 rings (SSSR count). The van der Waals surface area contributed by atoms with Crippen LogP contribution in [0.5, 0.6) is 11.5 Å². The van der Waals surface area contributed by atoms with Crippen molar-refractivity contribution in [1.29, 1.82) is 0 Å². The fourth-order valence-electron chi connectivity index (χ4n) is 2.81.